The van der Waals surface area contributed by atoms with Crippen molar-refractivity contribution in [1.29, 1.82) is 0 Å². The van der Waals surface area contributed by atoms with Gasteiger partial charge in [-0.3, -0.25) is 9.69 Å². The minimum absolute atomic E-state index is 0.0921. The molecule has 0 aliphatic carbocycles. The lowest BCUT2D eigenvalue weighted by molar-refractivity contribution is 0.0383. The predicted octanol–water partition coefficient (Wildman–Crippen LogP) is 1.91. The first-order chi connectivity index (χ1) is 12.3. The van der Waals surface area contributed by atoms with Crippen molar-refractivity contribution in [3.05, 3.63) is 24.0 Å². The van der Waals surface area contributed by atoms with Crippen LogP contribution in [0.3, 0.4) is 0 Å². The van der Waals surface area contributed by atoms with E-state index in [0.717, 1.165) is 51.5 Å². The molecular formula is C19H30N4O2. The molecule has 0 radical (unpaired) electrons. The second-order valence-electron chi connectivity index (χ2n) is 6.86. The van der Waals surface area contributed by atoms with Crippen molar-refractivity contribution in [3.63, 3.8) is 0 Å². The fourth-order valence-electron chi connectivity index (χ4n) is 3.70. The van der Waals surface area contributed by atoms with Gasteiger partial charge in [0.05, 0.1) is 25.1 Å². The van der Waals surface area contributed by atoms with Gasteiger partial charge in [0.2, 0.25) is 0 Å². The highest BCUT2D eigenvalue weighted by atomic mass is 16.5. The van der Waals surface area contributed by atoms with E-state index in [1.165, 1.54) is 19.3 Å². The number of piperidine rings is 1. The van der Waals surface area contributed by atoms with Crippen LogP contribution in [0.4, 0.5) is 5.69 Å². The van der Waals surface area contributed by atoms with Gasteiger partial charge in [-0.25, -0.2) is 4.98 Å². The van der Waals surface area contributed by atoms with Gasteiger partial charge in [-0.15, -0.1) is 0 Å². The summed E-state index contributed by atoms with van der Waals surface area (Å²) in [6, 6.07) is 4.49. The van der Waals surface area contributed by atoms with Crippen LogP contribution in [0.2, 0.25) is 0 Å². The van der Waals surface area contributed by atoms with Crippen LogP contribution in [-0.4, -0.2) is 67.8 Å². The van der Waals surface area contributed by atoms with Crippen LogP contribution in [0, 0.1) is 0 Å². The highest BCUT2D eigenvalue weighted by molar-refractivity contribution is 5.92. The summed E-state index contributed by atoms with van der Waals surface area (Å²) in [6.45, 7) is 8.29. The maximum Gasteiger partial charge on any atom is 0.269 e. The van der Waals surface area contributed by atoms with Gasteiger partial charge >= 0.3 is 0 Å². The second kappa shape index (κ2) is 9.15. The van der Waals surface area contributed by atoms with Crippen LogP contribution in [-0.2, 0) is 4.74 Å². The molecule has 1 unspecified atom stereocenters. The topological polar surface area (TPSA) is 57.7 Å². The van der Waals surface area contributed by atoms with Crippen molar-refractivity contribution >= 4 is 11.6 Å². The molecule has 138 valence electrons. The van der Waals surface area contributed by atoms with Crippen molar-refractivity contribution in [3.8, 4) is 0 Å². The van der Waals surface area contributed by atoms with Crippen LogP contribution < -0.4 is 10.2 Å². The van der Waals surface area contributed by atoms with Crippen molar-refractivity contribution in [1.82, 2.24) is 15.2 Å². The molecule has 2 aliphatic rings. The zero-order chi connectivity index (χ0) is 17.5. The quantitative estimate of drug-likeness (QED) is 0.853. The van der Waals surface area contributed by atoms with Gasteiger partial charge in [-0.05, 0) is 37.8 Å². The molecule has 2 aliphatic heterocycles. The van der Waals surface area contributed by atoms with Crippen LogP contribution in [0.15, 0.2) is 18.3 Å². The van der Waals surface area contributed by atoms with E-state index in [0.29, 0.717) is 18.3 Å². The molecule has 1 amide bonds. The number of nitrogens with zero attached hydrogens (tertiary/aromatic N) is 3. The molecule has 2 saturated heterocycles. The molecule has 1 aromatic heterocycles. The molecule has 1 N–H and O–H groups in total. The largest absolute Gasteiger partial charge is 0.379 e. The Balaban J connectivity index is 1.49. The summed E-state index contributed by atoms with van der Waals surface area (Å²) in [5, 5.41) is 2.97. The molecule has 3 rings (SSSR count). The number of hydrogen-bond acceptors (Lipinski definition) is 5. The number of morpholine rings is 1. The number of carbonyl (C=O) groups is 1. The van der Waals surface area contributed by atoms with Crippen LogP contribution in [0.25, 0.3) is 0 Å². The van der Waals surface area contributed by atoms with Crippen molar-refractivity contribution < 1.29 is 9.53 Å². The fourth-order valence-corrected chi connectivity index (χ4v) is 3.70. The van der Waals surface area contributed by atoms with Gasteiger partial charge in [-0.1, -0.05) is 6.92 Å². The van der Waals surface area contributed by atoms with Crippen LogP contribution in [0.1, 0.15) is 43.1 Å². The van der Waals surface area contributed by atoms with E-state index in [4.69, 9.17) is 4.74 Å². The number of anilines is 1. The number of rotatable bonds is 6. The summed E-state index contributed by atoms with van der Waals surface area (Å²) in [7, 11) is 0. The number of nitrogens with one attached hydrogen (secondary N) is 1. The van der Waals surface area contributed by atoms with E-state index >= 15 is 0 Å². The highest BCUT2D eigenvalue weighted by Gasteiger charge is 2.21. The van der Waals surface area contributed by atoms with Crippen LogP contribution >= 0.6 is 0 Å². The lowest BCUT2D eigenvalue weighted by atomic mass is 9.99. The SMILES string of the molecule is CCC1CCCCN1c1ccc(C(=O)NCCN2CCOCC2)nc1. The predicted molar refractivity (Wildman–Crippen MR) is 99.1 cm³/mol. The number of carbonyl (C=O) groups excluding carboxylic acids is 1. The Morgan fingerprint density at radius 1 is 1.28 bits per heavy atom. The summed E-state index contributed by atoms with van der Waals surface area (Å²) in [5.41, 5.74) is 1.63. The Morgan fingerprint density at radius 2 is 2.12 bits per heavy atom. The first kappa shape index (κ1) is 18.1. The summed E-state index contributed by atoms with van der Waals surface area (Å²) >= 11 is 0. The normalized spacial score (nSPS) is 22.0. The van der Waals surface area contributed by atoms with E-state index < -0.39 is 0 Å². The maximum atomic E-state index is 12.3. The minimum Gasteiger partial charge on any atom is -0.379 e. The molecule has 1 atom stereocenters. The zero-order valence-corrected chi connectivity index (χ0v) is 15.2. The molecule has 0 spiro atoms. The van der Waals surface area contributed by atoms with Gasteiger partial charge in [0.1, 0.15) is 5.69 Å². The van der Waals surface area contributed by atoms with E-state index in [-0.39, 0.29) is 5.91 Å². The Morgan fingerprint density at radius 3 is 2.84 bits per heavy atom. The molecule has 6 heteroatoms. The third-order valence-electron chi connectivity index (χ3n) is 5.23. The monoisotopic (exact) mass is 346 g/mol. The lowest BCUT2D eigenvalue weighted by Crippen LogP contribution is -2.41. The Bertz CT molecular complexity index is 543. The summed E-state index contributed by atoms with van der Waals surface area (Å²) in [5.74, 6) is -0.0921. The third-order valence-corrected chi connectivity index (χ3v) is 5.23. The van der Waals surface area contributed by atoms with Gasteiger partial charge in [-0.2, -0.15) is 0 Å². The molecule has 0 aromatic carbocycles. The van der Waals surface area contributed by atoms with E-state index in [9.17, 15) is 4.79 Å². The molecular weight excluding hydrogens is 316 g/mol. The molecule has 3 heterocycles. The molecule has 1 aromatic rings. The molecule has 2 fully saturated rings. The minimum atomic E-state index is -0.0921. The standard InChI is InChI=1S/C19H30N4O2/c1-2-16-5-3-4-9-23(16)17-6-7-18(21-15-17)19(24)20-8-10-22-11-13-25-14-12-22/h6-7,15-16H,2-5,8-14H2,1H3,(H,20,24). The van der Waals surface area contributed by atoms with Gasteiger partial charge < -0.3 is 15.0 Å². The van der Waals surface area contributed by atoms with Crippen LogP contribution in [0.5, 0.6) is 0 Å². The van der Waals surface area contributed by atoms with Gasteiger partial charge in [0, 0.05) is 38.8 Å². The first-order valence-corrected chi connectivity index (χ1v) is 9.59. The lowest BCUT2D eigenvalue weighted by Gasteiger charge is -2.37. The second-order valence-corrected chi connectivity index (χ2v) is 6.86. The maximum absolute atomic E-state index is 12.3. The van der Waals surface area contributed by atoms with Crippen molar-refractivity contribution in [2.45, 2.75) is 38.6 Å². The van der Waals surface area contributed by atoms with E-state index in [2.05, 4.69) is 27.0 Å². The Labute approximate surface area is 150 Å². The smallest absolute Gasteiger partial charge is 0.269 e. The fraction of sp³-hybridized carbons (Fsp3) is 0.684. The Hall–Kier alpha value is -1.66. The average molecular weight is 346 g/mol. The van der Waals surface area contributed by atoms with E-state index in [1.54, 1.807) is 0 Å². The first-order valence-electron chi connectivity index (χ1n) is 9.59. The van der Waals surface area contributed by atoms with Gasteiger partial charge in [0.25, 0.3) is 5.91 Å². The van der Waals surface area contributed by atoms with Crippen molar-refractivity contribution in [2.24, 2.45) is 0 Å². The third kappa shape index (κ3) is 4.92. The summed E-state index contributed by atoms with van der Waals surface area (Å²) in [6.07, 6.45) is 6.81. The van der Waals surface area contributed by atoms with E-state index in [1.807, 2.05) is 18.3 Å². The summed E-state index contributed by atoms with van der Waals surface area (Å²) in [4.78, 5) is 21.4. The zero-order valence-electron chi connectivity index (χ0n) is 15.2. The molecule has 0 bridgehead atoms. The number of hydrogen-bond donors (Lipinski definition) is 1. The molecule has 25 heavy (non-hydrogen) atoms. The summed E-state index contributed by atoms with van der Waals surface area (Å²) < 4.78 is 5.33. The number of aromatic nitrogens is 1. The highest BCUT2D eigenvalue weighted by Crippen LogP contribution is 2.25. The number of amides is 1. The average Bonchev–Trinajstić information content (AvgIpc) is 2.69. The molecule has 6 nitrogen and oxygen atoms in total. The number of ether oxygens (including phenoxy) is 1. The number of pyridine rings is 1. The molecule has 0 saturated carbocycles. The Kier molecular flexibility index (Phi) is 6.64. The van der Waals surface area contributed by atoms with Gasteiger partial charge in [0.15, 0.2) is 0 Å². The van der Waals surface area contributed by atoms with Crippen molar-refractivity contribution in [2.75, 3.05) is 50.8 Å².